The minimum Gasteiger partial charge on any atom is -0.394 e. The van der Waals surface area contributed by atoms with E-state index in [1.165, 1.54) is 32.1 Å². The lowest BCUT2D eigenvalue weighted by Gasteiger charge is -2.44. The van der Waals surface area contributed by atoms with Gasteiger partial charge in [-0.3, -0.25) is 4.90 Å². The Labute approximate surface area is 123 Å². The van der Waals surface area contributed by atoms with Gasteiger partial charge >= 0.3 is 0 Å². The summed E-state index contributed by atoms with van der Waals surface area (Å²) in [5.41, 5.74) is -0.147. The summed E-state index contributed by atoms with van der Waals surface area (Å²) in [4.78, 5) is 2.50. The zero-order valence-electron chi connectivity index (χ0n) is 13.4. The predicted octanol–water partition coefficient (Wildman–Crippen LogP) is 1.63. The third-order valence-electron chi connectivity index (χ3n) is 4.78. The molecule has 2 N–H and O–H groups in total. The first-order valence-electron chi connectivity index (χ1n) is 8.22. The second kappa shape index (κ2) is 7.21. The van der Waals surface area contributed by atoms with Crippen LogP contribution in [-0.4, -0.2) is 61.0 Å². The van der Waals surface area contributed by atoms with Gasteiger partial charge in [0.25, 0.3) is 0 Å². The molecule has 3 atom stereocenters. The number of aliphatic hydroxyl groups is 1. The summed E-state index contributed by atoms with van der Waals surface area (Å²) in [7, 11) is 2.10. The van der Waals surface area contributed by atoms with Crippen molar-refractivity contribution in [3.63, 3.8) is 0 Å². The van der Waals surface area contributed by atoms with Gasteiger partial charge in [-0.1, -0.05) is 19.3 Å². The van der Waals surface area contributed by atoms with Gasteiger partial charge in [-0.25, -0.2) is 0 Å². The topological polar surface area (TPSA) is 44.7 Å². The van der Waals surface area contributed by atoms with E-state index in [1.54, 1.807) is 0 Å². The van der Waals surface area contributed by atoms with E-state index >= 15 is 0 Å². The first-order chi connectivity index (χ1) is 9.54. The fourth-order valence-electron chi connectivity index (χ4n) is 3.97. The fraction of sp³-hybridized carbons (Fsp3) is 1.00. The van der Waals surface area contributed by atoms with Crippen LogP contribution in [0.1, 0.15) is 46.0 Å². The summed E-state index contributed by atoms with van der Waals surface area (Å²) >= 11 is 0. The Balaban J connectivity index is 1.95. The lowest BCUT2D eigenvalue weighted by Crippen LogP contribution is -2.55. The van der Waals surface area contributed by atoms with Crippen LogP contribution in [0.2, 0.25) is 0 Å². The van der Waals surface area contributed by atoms with Gasteiger partial charge < -0.3 is 15.2 Å². The molecule has 0 amide bonds. The van der Waals surface area contributed by atoms with Crippen molar-refractivity contribution < 1.29 is 9.84 Å². The Morgan fingerprint density at radius 2 is 2.00 bits per heavy atom. The van der Waals surface area contributed by atoms with Crippen LogP contribution in [0.3, 0.4) is 0 Å². The molecule has 20 heavy (non-hydrogen) atoms. The smallest absolute Gasteiger partial charge is 0.0940 e. The molecule has 2 rings (SSSR count). The largest absolute Gasteiger partial charge is 0.394 e. The third kappa shape index (κ3) is 4.42. The summed E-state index contributed by atoms with van der Waals surface area (Å²) in [6.07, 6.45) is 6.70. The Hall–Kier alpha value is -0.160. The van der Waals surface area contributed by atoms with E-state index in [-0.39, 0.29) is 18.3 Å². The van der Waals surface area contributed by atoms with Crippen molar-refractivity contribution in [3.8, 4) is 0 Å². The lowest BCUT2D eigenvalue weighted by atomic mass is 9.93. The summed E-state index contributed by atoms with van der Waals surface area (Å²) in [6.45, 7) is 7.35. The number of aliphatic hydroxyl groups excluding tert-OH is 1. The monoisotopic (exact) mass is 284 g/mol. The number of nitrogens with zero attached hydrogens (tertiary/aromatic N) is 1. The van der Waals surface area contributed by atoms with Crippen molar-refractivity contribution >= 4 is 0 Å². The van der Waals surface area contributed by atoms with Crippen LogP contribution in [0.4, 0.5) is 0 Å². The van der Waals surface area contributed by atoms with E-state index in [9.17, 15) is 5.11 Å². The zero-order chi connectivity index (χ0) is 14.6. The second-order valence-corrected chi connectivity index (χ2v) is 7.17. The molecule has 1 aliphatic heterocycles. The number of nitrogens with one attached hydrogen (secondary N) is 1. The molecule has 4 heteroatoms. The maximum absolute atomic E-state index is 9.43. The van der Waals surface area contributed by atoms with Crippen LogP contribution in [-0.2, 0) is 4.74 Å². The Morgan fingerprint density at radius 1 is 1.25 bits per heavy atom. The Kier molecular flexibility index (Phi) is 5.84. The predicted molar refractivity (Wildman–Crippen MR) is 81.9 cm³/mol. The molecule has 1 aliphatic carbocycles. The maximum Gasteiger partial charge on any atom is 0.0940 e. The molecule has 0 aromatic heterocycles. The average molecular weight is 284 g/mol. The minimum absolute atomic E-state index is 0.0300. The number of ether oxygens (including phenoxy) is 1. The highest BCUT2D eigenvalue weighted by Gasteiger charge is 2.35. The van der Waals surface area contributed by atoms with Crippen molar-refractivity contribution in [2.75, 3.05) is 33.3 Å². The maximum atomic E-state index is 9.43. The lowest BCUT2D eigenvalue weighted by molar-refractivity contribution is -0.151. The van der Waals surface area contributed by atoms with Gasteiger partial charge in [0.2, 0.25) is 0 Å². The van der Waals surface area contributed by atoms with Crippen molar-refractivity contribution in [2.45, 2.75) is 63.7 Å². The molecular weight excluding hydrogens is 252 g/mol. The third-order valence-corrected chi connectivity index (χ3v) is 4.78. The van der Waals surface area contributed by atoms with Gasteiger partial charge in [0.15, 0.2) is 0 Å². The molecule has 118 valence electrons. The minimum atomic E-state index is -0.147. The summed E-state index contributed by atoms with van der Waals surface area (Å²) in [5.74, 6) is 0.732. The number of morpholine rings is 1. The SMILES string of the molecule is CNC1CCCCCC1CN1CC(CO)OC(C)(C)C1. The van der Waals surface area contributed by atoms with E-state index in [1.807, 2.05) is 0 Å². The van der Waals surface area contributed by atoms with Crippen LogP contribution in [0.25, 0.3) is 0 Å². The fourth-order valence-corrected chi connectivity index (χ4v) is 3.97. The van der Waals surface area contributed by atoms with E-state index in [2.05, 4.69) is 31.1 Å². The van der Waals surface area contributed by atoms with Gasteiger partial charge in [0.05, 0.1) is 18.3 Å². The molecule has 2 aliphatic rings. The van der Waals surface area contributed by atoms with Gasteiger partial charge in [-0.2, -0.15) is 0 Å². The van der Waals surface area contributed by atoms with Gasteiger partial charge in [0.1, 0.15) is 0 Å². The van der Waals surface area contributed by atoms with Crippen molar-refractivity contribution in [2.24, 2.45) is 5.92 Å². The van der Waals surface area contributed by atoms with Crippen LogP contribution in [0, 0.1) is 5.92 Å². The van der Waals surface area contributed by atoms with Crippen molar-refractivity contribution in [1.29, 1.82) is 0 Å². The van der Waals surface area contributed by atoms with Crippen LogP contribution >= 0.6 is 0 Å². The molecular formula is C16H32N2O2. The van der Waals surface area contributed by atoms with Crippen molar-refractivity contribution in [1.82, 2.24) is 10.2 Å². The molecule has 0 aromatic carbocycles. The number of hydrogen-bond donors (Lipinski definition) is 2. The van der Waals surface area contributed by atoms with Crippen molar-refractivity contribution in [3.05, 3.63) is 0 Å². The summed E-state index contributed by atoms with van der Waals surface area (Å²) < 4.78 is 5.91. The molecule has 0 spiro atoms. The van der Waals surface area contributed by atoms with Gasteiger partial charge in [-0.15, -0.1) is 0 Å². The molecule has 2 fully saturated rings. The second-order valence-electron chi connectivity index (χ2n) is 7.17. The van der Waals surface area contributed by atoms with E-state index in [0.717, 1.165) is 25.6 Å². The first kappa shape index (κ1) is 16.2. The van der Waals surface area contributed by atoms with Crippen LogP contribution in [0.15, 0.2) is 0 Å². The molecule has 0 aromatic rings. The average Bonchev–Trinajstić information content (AvgIpc) is 2.61. The van der Waals surface area contributed by atoms with Gasteiger partial charge in [0, 0.05) is 25.7 Å². The summed E-state index contributed by atoms with van der Waals surface area (Å²) in [5, 5.41) is 12.9. The summed E-state index contributed by atoms with van der Waals surface area (Å²) in [6, 6.07) is 0.649. The highest BCUT2D eigenvalue weighted by Crippen LogP contribution is 2.27. The molecule has 0 radical (unpaired) electrons. The van der Waals surface area contributed by atoms with Gasteiger partial charge in [-0.05, 0) is 39.7 Å². The van der Waals surface area contributed by atoms with E-state index in [4.69, 9.17) is 4.74 Å². The number of hydrogen-bond acceptors (Lipinski definition) is 4. The van der Waals surface area contributed by atoms with E-state index < -0.39 is 0 Å². The first-order valence-corrected chi connectivity index (χ1v) is 8.22. The van der Waals surface area contributed by atoms with E-state index in [0.29, 0.717) is 6.04 Å². The Morgan fingerprint density at radius 3 is 2.70 bits per heavy atom. The molecule has 0 bridgehead atoms. The Bertz CT molecular complexity index is 296. The standard InChI is InChI=1S/C16H32N2O2/c1-16(2)12-18(10-14(11-19)20-16)9-13-7-5-4-6-8-15(13)17-3/h13-15,17,19H,4-12H2,1-3H3. The molecule has 3 unspecified atom stereocenters. The molecule has 1 saturated heterocycles. The molecule has 1 heterocycles. The number of rotatable bonds is 4. The molecule has 1 saturated carbocycles. The highest BCUT2D eigenvalue weighted by molar-refractivity contribution is 4.87. The van der Waals surface area contributed by atoms with Crippen LogP contribution in [0.5, 0.6) is 0 Å². The molecule has 4 nitrogen and oxygen atoms in total. The van der Waals surface area contributed by atoms with Crippen LogP contribution < -0.4 is 5.32 Å². The highest BCUT2D eigenvalue weighted by atomic mass is 16.5. The normalized spacial score (nSPS) is 35.7. The quantitative estimate of drug-likeness (QED) is 0.770. The zero-order valence-corrected chi connectivity index (χ0v) is 13.4.